The summed E-state index contributed by atoms with van der Waals surface area (Å²) in [6, 6.07) is 18.9. The number of para-hydroxylation sites is 1. The van der Waals surface area contributed by atoms with E-state index in [-0.39, 0.29) is 17.7 Å². The van der Waals surface area contributed by atoms with Crippen molar-refractivity contribution in [3.63, 3.8) is 0 Å². The lowest BCUT2D eigenvalue weighted by Gasteiger charge is -2.09. The summed E-state index contributed by atoms with van der Waals surface area (Å²) >= 11 is 2.90. The maximum absolute atomic E-state index is 12.4. The number of amides is 3. The lowest BCUT2D eigenvalue weighted by Crippen LogP contribution is -2.19. The molecule has 33 heavy (non-hydrogen) atoms. The van der Waals surface area contributed by atoms with Crippen molar-refractivity contribution in [1.29, 1.82) is 0 Å². The summed E-state index contributed by atoms with van der Waals surface area (Å²) in [4.78, 5) is 29.3. The highest BCUT2D eigenvalue weighted by Crippen LogP contribution is 2.31. The molecule has 168 valence electrons. The van der Waals surface area contributed by atoms with Crippen molar-refractivity contribution in [2.45, 2.75) is 25.1 Å². The zero-order valence-corrected chi connectivity index (χ0v) is 20.2. The Hall–Kier alpha value is -3.36. The number of anilines is 3. The van der Waals surface area contributed by atoms with Gasteiger partial charge in [0.25, 0.3) is 0 Å². The third kappa shape index (κ3) is 6.12. The van der Waals surface area contributed by atoms with Gasteiger partial charge in [-0.05, 0) is 73.9 Å². The van der Waals surface area contributed by atoms with E-state index < -0.39 is 0 Å². The number of carbonyl (C=O) groups is 2. The summed E-state index contributed by atoms with van der Waals surface area (Å²) < 4.78 is 1.75. The molecule has 0 aliphatic carbocycles. The van der Waals surface area contributed by atoms with Crippen LogP contribution in [0.1, 0.15) is 16.7 Å². The molecule has 6 nitrogen and oxygen atoms in total. The van der Waals surface area contributed by atoms with Gasteiger partial charge in [-0.3, -0.25) is 4.79 Å². The van der Waals surface area contributed by atoms with Crippen molar-refractivity contribution in [2.75, 3.05) is 21.7 Å². The Morgan fingerprint density at radius 1 is 0.879 bits per heavy atom. The van der Waals surface area contributed by atoms with Crippen molar-refractivity contribution >= 4 is 62.3 Å². The molecule has 0 aliphatic heterocycles. The van der Waals surface area contributed by atoms with Gasteiger partial charge in [-0.1, -0.05) is 36.0 Å². The molecule has 0 spiro atoms. The largest absolute Gasteiger partial charge is 0.325 e. The average molecular weight is 477 g/mol. The van der Waals surface area contributed by atoms with E-state index >= 15 is 0 Å². The van der Waals surface area contributed by atoms with Crippen molar-refractivity contribution in [3.05, 3.63) is 77.4 Å². The molecule has 0 radical (unpaired) electrons. The van der Waals surface area contributed by atoms with Gasteiger partial charge in [0, 0.05) is 17.1 Å². The Bertz CT molecular complexity index is 1310. The van der Waals surface area contributed by atoms with Gasteiger partial charge >= 0.3 is 6.03 Å². The third-order valence-corrected chi connectivity index (χ3v) is 7.01. The zero-order valence-electron chi connectivity index (χ0n) is 18.6. The number of aromatic nitrogens is 1. The van der Waals surface area contributed by atoms with E-state index in [1.807, 2.05) is 75.4 Å². The van der Waals surface area contributed by atoms with Crippen LogP contribution in [0.15, 0.2) is 65.0 Å². The van der Waals surface area contributed by atoms with Crippen LogP contribution in [0.25, 0.3) is 10.2 Å². The first-order chi connectivity index (χ1) is 15.9. The molecule has 0 saturated heterocycles. The number of nitrogens with zero attached hydrogens (tertiary/aromatic N) is 1. The molecule has 1 aromatic heterocycles. The summed E-state index contributed by atoms with van der Waals surface area (Å²) in [6.45, 7) is 5.96. The van der Waals surface area contributed by atoms with Crippen molar-refractivity contribution in [3.8, 4) is 0 Å². The number of hydrogen-bond donors (Lipinski definition) is 3. The van der Waals surface area contributed by atoms with Crippen LogP contribution in [0.5, 0.6) is 0 Å². The molecule has 0 unspecified atom stereocenters. The quantitative estimate of drug-likeness (QED) is 0.274. The summed E-state index contributed by atoms with van der Waals surface area (Å²) in [7, 11) is 0. The third-order valence-electron chi connectivity index (χ3n) is 4.85. The maximum atomic E-state index is 12.4. The van der Waals surface area contributed by atoms with Crippen LogP contribution in [0.4, 0.5) is 21.9 Å². The number of fused-ring (bicyclic) bond motifs is 1. The predicted octanol–water partition coefficient (Wildman–Crippen LogP) is 6.60. The molecule has 4 aromatic rings. The number of rotatable bonds is 6. The van der Waals surface area contributed by atoms with Crippen LogP contribution in [0, 0.1) is 20.8 Å². The van der Waals surface area contributed by atoms with Crippen LogP contribution < -0.4 is 16.0 Å². The minimum Gasteiger partial charge on any atom is -0.325 e. The number of nitrogens with one attached hydrogen (secondary N) is 3. The molecule has 0 atom stereocenters. The monoisotopic (exact) mass is 476 g/mol. The smallest absolute Gasteiger partial charge is 0.323 e. The molecule has 1 heterocycles. The van der Waals surface area contributed by atoms with E-state index in [2.05, 4.69) is 27.0 Å². The highest BCUT2D eigenvalue weighted by Gasteiger charge is 2.11. The molecule has 3 aromatic carbocycles. The lowest BCUT2D eigenvalue weighted by molar-refractivity contribution is -0.113. The topological polar surface area (TPSA) is 83.1 Å². The maximum Gasteiger partial charge on any atom is 0.323 e. The molecule has 0 aliphatic rings. The first kappa shape index (κ1) is 22.8. The lowest BCUT2D eigenvalue weighted by atomic mass is 10.1. The Morgan fingerprint density at radius 3 is 2.39 bits per heavy atom. The van der Waals surface area contributed by atoms with Gasteiger partial charge in [0.15, 0.2) is 4.34 Å². The van der Waals surface area contributed by atoms with E-state index in [4.69, 9.17) is 0 Å². The number of thioether (sulfide) groups is 1. The van der Waals surface area contributed by atoms with E-state index in [9.17, 15) is 9.59 Å². The second-order valence-electron chi connectivity index (χ2n) is 7.77. The van der Waals surface area contributed by atoms with Gasteiger partial charge in [0.2, 0.25) is 5.91 Å². The standard InChI is InChI=1S/C25H24N4O2S2/c1-15-10-16(2)12-19(11-15)26-23(30)14-32-25-29-21-9-8-18(13-22(21)33-25)27-24(31)28-20-7-5-4-6-17(20)3/h4-13H,14H2,1-3H3,(H,26,30)(H2,27,28,31). The van der Waals surface area contributed by atoms with Crippen LogP contribution in [0.2, 0.25) is 0 Å². The van der Waals surface area contributed by atoms with Gasteiger partial charge < -0.3 is 16.0 Å². The fourth-order valence-corrected chi connectivity index (χ4v) is 5.32. The van der Waals surface area contributed by atoms with Gasteiger partial charge in [-0.15, -0.1) is 11.3 Å². The van der Waals surface area contributed by atoms with Gasteiger partial charge in [0.1, 0.15) is 0 Å². The second-order valence-corrected chi connectivity index (χ2v) is 10.0. The van der Waals surface area contributed by atoms with Gasteiger partial charge in [0.05, 0.1) is 16.0 Å². The van der Waals surface area contributed by atoms with Crippen LogP contribution in [-0.4, -0.2) is 22.7 Å². The summed E-state index contributed by atoms with van der Waals surface area (Å²) in [5, 5.41) is 8.67. The highest BCUT2D eigenvalue weighted by atomic mass is 32.2. The SMILES string of the molecule is Cc1cc(C)cc(NC(=O)CSc2nc3ccc(NC(=O)Nc4ccccc4C)cc3s2)c1. The van der Waals surface area contributed by atoms with Crippen molar-refractivity contribution < 1.29 is 9.59 Å². The number of aryl methyl sites for hydroxylation is 3. The Labute approximate surface area is 200 Å². The van der Waals surface area contributed by atoms with E-state index in [1.165, 1.54) is 23.1 Å². The predicted molar refractivity (Wildman–Crippen MR) is 139 cm³/mol. The molecule has 3 amide bonds. The summed E-state index contributed by atoms with van der Waals surface area (Å²) in [6.07, 6.45) is 0. The van der Waals surface area contributed by atoms with Gasteiger partial charge in [-0.25, -0.2) is 9.78 Å². The number of benzene rings is 3. The van der Waals surface area contributed by atoms with E-state index in [1.54, 1.807) is 0 Å². The number of hydrogen-bond acceptors (Lipinski definition) is 5. The minimum atomic E-state index is -0.300. The number of carbonyl (C=O) groups excluding carboxylic acids is 2. The molecule has 3 N–H and O–H groups in total. The van der Waals surface area contributed by atoms with Crippen molar-refractivity contribution in [2.24, 2.45) is 0 Å². The number of urea groups is 1. The van der Waals surface area contributed by atoms with Crippen LogP contribution >= 0.6 is 23.1 Å². The fraction of sp³-hybridized carbons (Fsp3) is 0.160. The average Bonchev–Trinajstić information content (AvgIpc) is 3.15. The first-order valence-corrected chi connectivity index (χ1v) is 12.2. The minimum absolute atomic E-state index is 0.0699. The van der Waals surface area contributed by atoms with Crippen LogP contribution in [0.3, 0.4) is 0 Å². The van der Waals surface area contributed by atoms with E-state index in [0.717, 1.165) is 42.6 Å². The molecule has 0 saturated carbocycles. The molecule has 8 heteroatoms. The highest BCUT2D eigenvalue weighted by molar-refractivity contribution is 8.01. The summed E-state index contributed by atoms with van der Waals surface area (Å²) in [5.41, 5.74) is 6.31. The Morgan fingerprint density at radius 2 is 1.64 bits per heavy atom. The second kappa shape index (κ2) is 10.1. The molecule has 0 bridgehead atoms. The molecule has 0 fully saturated rings. The number of thiazole rings is 1. The van der Waals surface area contributed by atoms with Gasteiger partial charge in [-0.2, -0.15) is 0 Å². The zero-order chi connectivity index (χ0) is 23.4. The first-order valence-electron chi connectivity index (χ1n) is 10.4. The molecule has 4 rings (SSSR count). The van der Waals surface area contributed by atoms with Crippen LogP contribution in [-0.2, 0) is 4.79 Å². The Kier molecular flexibility index (Phi) is 6.96. The molecular formula is C25H24N4O2S2. The fourth-order valence-electron chi connectivity index (χ4n) is 3.41. The van der Waals surface area contributed by atoms with Crippen molar-refractivity contribution in [1.82, 2.24) is 4.98 Å². The molecular weight excluding hydrogens is 452 g/mol. The summed E-state index contributed by atoms with van der Waals surface area (Å²) in [5.74, 6) is 0.205. The normalized spacial score (nSPS) is 10.8. The Balaban J connectivity index is 1.36. The van der Waals surface area contributed by atoms with E-state index in [0.29, 0.717) is 5.69 Å².